The first-order valence-corrected chi connectivity index (χ1v) is 9.27. The summed E-state index contributed by atoms with van der Waals surface area (Å²) in [7, 11) is 0. The van der Waals surface area contributed by atoms with Gasteiger partial charge in [0.15, 0.2) is 5.13 Å². The average Bonchev–Trinajstić information content (AvgIpc) is 3.07. The number of anilines is 2. The normalized spacial score (nSPS) is 10.4. The zero-order valence-electron chi connectivity index (χ0n) is 15.0. The number of hydrogen-bond donors (Lipinski definition) is 2. The zero-order chi connectivity index (χ0) is 18.5. The van der Waals surface area contributed by atoms with Crippen LogP contribution < -0.4 is 15.4 Å². The van der Waals surface area contributed by atoms with Crippen LogP contribution in [0, 0.1) is 13.8 Å². The number of nitrogens with one attached hydrogen (secondary N) is 2. The number of benzene rings is 2. The van der Waals surface area contributed by atoms with Gasteiger partial charge < -0.3 is 10.1 Å². The molecule has 2 N–H and O–H groups in total. The molecule has 134 valence electrons. The van der Waals surface area contributed by atoms with Crippen LogP contribution in [-0.2, 0) is 0 Å². The van der Waals surface area contributed by atoms with Crippen molar-refractivity contribution in [3.63, 3.8) is 0 Å². The molecule has 2 aromatic carbocycles. The molecule has 3 aromatic rings. The van der Waals surface area contributed by atoms with E-state index in [4.69, 9.17) is 4.74 Å². The fourth-order valence-corrected chi connectivity index (χ4v) is 3.18. The monoisotopic (exact) mass is 367 g/mol. The Balaban J connectivity index is 1.69. The van der Waals surface area contributed by atoms with Gasteiger partial charge in [-0.25, -0.2) is 9.78 Å². The second-order valence-electron chi connectivity index (χ2n) is 5.85. The first-order valence-electron chi connectivity index (χ1n) is 8.40. The third-order valence-electron chi connectivity index (χ3n) is 3.96. The van der Waals surface area contributed by atoms with E-state index in [1.165, 1.54) is 22.5 Å². The largest absolute Gasteiger partial charge is 0.492 e. The highest BCUT2D eigenvalue weighted by Crippen LogP contribution is 2.27. The van der Waals surface area contributed by atoms with Crippen LogP contribution in [-0.4, -0.2) is 17.6 Å². The maximum atomic E-state index is 12.3. The molecule has 0 bridgehead atoms. The molecule has 6 heteroatoms. The third-order valence-corrected chi connectivity index (χ3v) is 4.72. The molecule has 0 saturated carbocycles. The van der Waals surface area contributed by atoms with Gasteiger partial charge in [-0.15, -0.1) is 11.3 Å². The Labute approximate surface area is 157 Å². The van der Waals surface area contributed by atoms with Crippen LogP contribution in [0.4, 0.5) is 15.6 Å². The van der Waals surface area contributed by atoms with Gasteiger partial charge in [-0.2, -0.15) is 0 Å². The van der Waals surface area contributed by atoms with Crippen LogP contribution in [0.5, 0.6) is 5.75 Å². The predicted octanol–water partition coefficient (Wildman–Crippen LogP) is 5.47. The average molecular weight is 367 g/mol. The van der Waals surface area contributed by atoms with Crippen molar-refractivity contribution in [3.05, 3.63) is 59.0 Å². The number of aromatic nitrogens is 1. The van der Waals surface area contributed by atoms with Gasteiger partial charge in [0.1, 0.15) is 5.75 Å². The predicted molar refractivity (Wildman–Crippen MR) is 107 cm³/mol. The number of aryl methyl sites for hydroxylation is 2. The molecule has 0 spiro atoms. The zero-order valence-corrected chi connectivity index (χ0v) is 15.8. The molecule has 0 atom stereocenters. The molecule has 0 fully saturated rings. The molecule has 1 heterocycles. The lowest BCUT2D eigenvalue weighted by molar-refractivity contribution is 0.262. The summed E-state index contributed by atoms with van der Waals surface area (Å²) in [5.74, 6) is 0.639. The summed E-state index contributed by atoms with van der Waals surface area (Å²) in [6, 6.07) is 13.2. The summed E-state index contributed by atoms with van der Waals surface area (Å²) in [5.41, 5.74) is 4.98. The fourth-order valence-electron chi connectivity index (χ4n) is 2.47. The van der Waals surface area contributed by atoms with Crippen molar-refractivity contribution in [2.75, 3.05) is 17.2 Å². The van der Waals surface area contributed by atoms with Gasteiger partial charge in [0.05, 0.1) is 18.0 Å². The number of ether oxygens (including phenoxy) is 1. The van der Waals surface area contributed by atoms with Crippen LogP contribution in [0.15, 0.2) is 47.8 Å². The van der Waals surface area contributed by atoms with E-state index < -0.39 is 0 Å². The number of carbonyl (C=O) groups excluding carboxylic acids is 1. The molecule has 1 aromatic heterocycles. The lowest BCUT2D eigenvalue weighted by Crippen LogP contribution is -2.19. The summed E-state index contributed by atoms with van der Waals surface area (Å²) in [4.78, 5) is 16.8. The lowest BCUT2D eigenvalue weighted by atomic mass is 10.1. The minimum atomic E-state index is -0.349. The molecule has 3 rings (SSSR count). The van der Waals surface area contributed by atoms with Gasteiger partial charge in [0.25, 0.3) is 0 Å². The smallest absolute Gasteiger partial charge is 0.325 e. The number of thiazole rings is 1. The third kappa shape index (κ3) is 4.21. The molecule has 5 nitrogen and oxygen atoms in total. The maximum Gasteiger partial charge on any atom is 0.325 e. The summed E-state index contributed by atoms with van der Waals surface area (Å²) in [5, 5.41) is 8.06. The van der Waals surface area contributed by atoms with Crippen LogP contribution in [0.1, 0.15) is 18.1 Å². The van der Waals surface area contributed by atoms with Crippen molar-refractivity contribution in [2.24, 2.45) is 0 Å². The van der Waals surface area contributed by atoms with E-state index in [-0.39, 0.29) is 6.03 Å². The van der Waals surface area contributed by atoms with E-state index in [1.807, 2.05) is 36.6 Å². The topological polar surface area (TPSA) is 63.2 Å². The van der Waals surface area contributed by atoms with Crippen molar-refractivity contribution in [2.45, 2.75) is 20.8 Å². The van der Waals surface area contributed by atoms with E-state index in [2.05, 4.69) is 41.6 Å². The number of rotatable bonds is 5. The molecular formula is C20H21N3O2S. The number of carbonyl (C=O) groups is 1. The molecule has 0 aliphatic heterocycles. The standard InChI is InChI=1S/C20H21N3O2S/c1-4-25-18-8-6-5-7-16(18)21-19(24)23-20-22-17(12-26-20)15-10-9-13(2)14(3)11-15/h5-12H,4H2,1-3H3,(H2,21,22,23,24). The molecule has 2 amide bonds. The minimum absolute atomic E-state index is 0.349. The summed E-state index contributed by atoms with van der Waals surface area (Å²) in [6.45, 7) is 6.60. The molecular weight excluding hydrogens is 346 g/mol. The van der Waals surface area contributed by atoms with Crippen molar-refractivity contribution >= 4 is 28.2 Å². The van der Waals surface area contributed by atoms with E-state index in [0.29, 0.717) is 23.2 Å². The second-order valence-corrected chi connectivity index (χ2v) is 6.70. The Hall–Kier alpha value is -2.86. The number of para-hydroxylation sites is 2. The van der Waals surface area contributed by atoms with E-state index in [9.17, 15) is 4.79 Å². The maximum absolute atomic E-state index is 12.3. The van der Waals surface area contributed by atoms with Crippen LogP contribution in [0.3, 0.4) is 0 Å². The lowest BCUT2D eigenvalue weighted by Gasteiger charge is -2.11. The molecule has 0 saturated heterocycles. The highest BCUT2D eigenvalue weighted by atomic mass is 32.1. The van der Waals surface area contributed by atoms with E-state index in [0.717, 1.165) is 11.3 Å². The quantitative estimate of drug-likeness (QED) is 0.628. The summed E-state index contributed by atoms with van der Waals surface area (Å²) < 4.78 is 5.52. The summed E-state index contributed by atoms with van der Waals surface area (Å²) in [6.07, 6.45) is 0. The van der Waals surface area contributed by atoms with Gasteiger partial charge in [-0.05, 0) is 50.1 Å². The summed E-state index contributed by atoms with van der Waals surface area (Å²) >= 11 is 1.39. The molecule has 0 unspecified atom stereocenters. The van der Waals surface area contributed by atoms with Crippen LogP contribution in [0.25, 0.3) is 11.3 Å². The van der Waals surface area contributed by atoms with E-state index in [1.54, 1.807) is 6.07 Å². The van der Waals surface area contributed by atoms with Crippen LogP contribution >= 0.6 is 11.3 Å². The van der Waals surface area contributed by atoms with Gasteiger partial charge in [0.2, 0.25) is 0 Å². The number of amides is 2. The van der Waals surface area contributed by atoms with E-state index >= 15 is 0 Å². The molecule has 0 aliphatic rings. The minimum Gasteiger partial charge on any atom is -0.492 e. The Morgan fingerprint density at radius 3 is 2.69 bits per heavy atom. The number of urea groups is 1. The van der Waals surface area contributed by atoms with Crippen molar-refractivity contribution in [1.29, 1.82) is 0 Å². The molecule has 0 radical (unpaired) electrons. The van der Waals surface area contributed by atoms with Gasteiger partial charge in [-0.1, -0.05) is 24.3 Å². The van der Waals surface area contributed by atoms with Gasteiger partial charge >= 0.3 is 6.03 Å². The van der Waals surface area contributed by atoms with Gasteiger partial charge in [0, 0.05) is 10.9 Å². The van der Waals surface area contributed by atoms with Crippen molar-refractivity contribution in [3.8, 4) is 17.0 Å². The SMILES string of the molecule is CCOc1ccccc1NC(=O)Nc1nc(-c2ccc(C)c(C)c2)cs1. The Morgan fingerprint density at radius 1 is 1.12 bits per heavy atom. The fraction of sp³-hybridized carbons (Fsp3) is 0.200. The highest BCUT2D eigenvalue weighted by Gasteiger charge is 2.11. The van der Waals surface area contributed by atoms with Crippen LogP contribution in [0.2, 0.25) is 0 Å². The molecule has 0 aliphatic carbocycles. The van der Waals surface area contributed by atoms with Crippen molar-refractivity contribution in [1.82, 2.24) is 4.98 Å². The molecule has 26 heavy (non-hydrogen) atoms. The Kier molecular flexibility index (Phi) is 5.53. The second kappa shape index (κ2) is 8.01. The Morgan fingerprint density at radius 2 is 1.92 bits per heavy atom. The van der Waals surface area contributed by atoms with Crippen molar-refractivity contribution < 1.29 is 9.53 Å². The van der Waals surface area contributed by atoms with Gasteiger partial charge in [-0.3, -0.25) is 5.32 Å². The highest BCUT2D eigenvalue weighted by molar-refractivity contribution is 7.14. The number of nitrogens with zero attached hydrogens (tertiary/aromatic N) is 1. The first-order chi connectivity index (χ1) is 12.6. The number of hydrogen-bond acceptors (Lipinski definition) is 4. The first kappa shape index (κ1) is 17.9. The Bertz CT molecular complexity index is 921.